The molecule has 37 heavy (non-hydrogen) atoms. The van der Waals surface area contributed by atoms with E-state index in [2.05, 4.69) is 31.3 Å². The number of thiocarbonyl (C=S) groups is 1. The number of aromatic nitrogens is 3. The van der Waals surface area contributed by atoms with Gasteiger partial charge in [0.05, 0.1) is 16.3 Å². The Morgan fingerprint density at radius 3 is 2.59 bits per heavy atom. The van der Waals surface area contributed by atoms with Crippen LogP contribution in [0.1, 0.15) is 33.7 Å². The van der Waals surface area contributed by atoms with Crippen molar-refractivity contribution in [1.82, 2.24) is 20.1 Å². The van der Waals surface area contributed by atoms with Crippen molar-refractivity contribution >= 4 is 73.7 Å². The fourth-order valence-corrected chi connectivity index (χ4v) is 4.79. The van der Waals surface area contributed by atoms with E-state index in [4.69, 9.17) is 40.2 Å². The van der Waals surface area contributed by atoms with Crippen LogP contribution in [-0.2, 0) is 0 Å². The van der Waals surface area contributed by atoms with Gasteiger partial charge in [0.25, 0.3) is 11.8 Å². The summed E-state index contributed by atoms with van der Waals surface area (Å²) in [7, 11) is 0. The predicted octanol–water partition coefficient (Wildman–Crippen LogP) is 5.79. The number of nitrogens with zero attached hydrogens (tertiary/aromatic N) is 3. The number of amides is 2. The van der Waals surface area contributed by atoms with Gasteiger partial charge >= 0.3 is 6.18 Å². The molecule has 0 spiro atoms. The number of ether oxygens (including phenoxy) is 1. The minimum Gasteiger partial charge on any atom is -0.473 e. The van der Waals surface area contributed by atoms with Crippen LogP contribution in [-0.4, -0.2) is 50.3 Å². The Bertz CT molecular complexity index is 1390. The second kappa shape index (κ2) is 10.9. The molecule has 194 valence electrons. The van der Waals surface area contributed by atoms with Crippen molar-refractivity contribution in [3.63, 3.8) is 0 Å². The zero-order valence-corrected chi connectivity index (χ0v) is 22.3. The number of benzene rings is 1. The fourth-order valence-electron chi connectivity index (χ4n) is 3.31. The molecule has 2 heterocycles. The van der Waals surface area contributed by atoms with Gasteiger partial charge in [0.1, 0.15) is 18.3 Å². The van der Waals surface area contributed by atoms with Crippen LogP contribution in [0.2, 0.25) is 10.0 Å². The topological polar surface area (TPSA) is 98.1 Å². The predicted molar refractivity (Wildman–Crippen MR) is 138 cm³/mol. The summed E-state index contributed by atoms with van der Waals surface area (Å²) in [5.41, 5.74) is -0.472. The number of hydrogen-bond donors (Lipinski definition) is 2. The van der Waals surface area contributed by atoms with E-state index in [9.17, 15) is 22.8 Å². The number of nitrogens with one attached hydrogen (secondary N) is 2. The third-order valence-electron chi connectivity index (χ3n) is 5.04. The molecule has 0 atom stereocenters. The second-order valence-electron chi connectivity index (χ2n) is 7.84. The fraction of sp³-hybridized carbons (Fsp3) is 0.227. The van der Waals surface area contributed by atoms with E-state index < -0.39 is 24.5 Å². The first-order valence-electron chi connectivity index (χ1n) is 10.5. The first kappa shape index (κ1) is 27.3. The first-order chi connectivity index (χ1) is 17.4. The van der Waals surface area contributed by atoms with Crippen molar-refractivity contribution in [3.8, 4) is 11.7 Å². The molecule has 1 aliphatic carbocycles. The first-order valence-corrected chi connectivity index (χ1v) is 12.4. The monoisotopic (exact) mass is 635 g/mol. The third-order valence-corrected chi connectivity index (χ3v) is 6.52. The van der Waals surface area contributed by atoms with Crippen molar-refractivity contribution in [1.29, 1.82) is 0 Å². The number of carbonyl (C=O) groups excluding carboxylic acids is 2. The molecule has 4 rings (SSSR count). The maximum Gasteiger partial charge on any atom is 0.405 e. The lowest BCUT2D eigenvalue weighted by molar-refractivity contribution is -0.123. The molecule has 0 unspecified atom stereocenters. The molecule has 3 aromatic rings. The van der Waals surface area contributed by atoms with E-state index in [-0.39, 0.29) is 49.3 Å². The molecule has 1 fully saturated rings. The average molecular weight is 637 g/mol. The maximum atomic E-state index is 13.4. The highest BCUT2D eigenvalue weighted by atomic mass is 79.9. The van der Waals surface area contributed by atoms with Gasteiger partial charge in [0, 0.05) is 39.5 Å². The summed E-state index contributed by atoms with van der Waals surface area (Å²) in [5, 5.41) is 8.86. The number of halogens is 6. The van der Waals surface area contributed by atoms with Crippen LogP contribution in [0.25, 0.3) is 5.82 Å². The molecule has 2 amide bonds. The van der Waals surface area contributed by atoms with Crippen molar-refractivity contribution in [3.05, 3.63) is 62.3 Å². The van der Waals surface area contributed by atoms with Crippen LogP contribution in [0, 0.1) is 0 Å². The van der Waals surface area contributed by atoms with Gasteiger partial charge in [-0.1, -0.05) is 35.4 Å². The van der Waals surface area contributed by atoms with E-state index in [1.807, 2.05) is 0 Å². The summed E-state index contributed by atoms with van der Waals surface area (Å²) in [5.74, 6) is -1.63. The molecule has 0 saturated heterocycles. The van der Waals surface area contributed by atoms with Crippen molar-refractivity contribution in [2.75, 3.05) is 11.9 Å². The molecule has 1 saturated carbocycles. The minimum absolute atomic E-state index is 0.0569. The van der Waals surface area contributed by atoms with E-state index in [0.29, 0.717) is 12.8 Å². The summed E-state index contributed by atoms with van der Waals surface area (Å²) in [4.78, 5) is 31.0. The van der Waals surface area contributed by atoms with Gasteiger partial charge in [0.2, 0.25) is 5.88 Å². The normalized spacial score (nSPS) is 13.7. The number of carbonyl (C=O) groups is 2. The lowest BCUT2D eigenvalue weighted by Gasteiger charge is -2.26. The lowest BCUT2D eigenvalue weighted by atomic mass is 9.96. The highest BCUT2D eigenvalue weighted by Gasteiger charge is 2.30. The van der Waals surface area contributed by atoms with Gasteiger partial charge in [0.15, 0.2) is 5.82 Å². The number of alkyl halides is 3. The van der Waals surface area contributed by atoms with E-state index in [1.54, 1.807) is 17.4 Å². The van der Waals surface area contributed by atoms with E-state index in [0.717, 1.165) is 15.6 Å². The largest absolute Gasteiger partial charge is 0.473 e. The standard InChI is InChI=1S/C22H15BrCl2F3N5O3S/c23-14-5-10(24)4-13(20(34)30-9-22(26,27)28)18(14)31-21(35)16-8-17(36-11-6-12(37)7-11)32-33(16)19-15(25)2-1-3-29-19/h1-5,8,11H,6-7,9H2,(H,30,34)(H,31,35). The second-order valence-corrected chi connectivity index (χ2v) is 10.1. The zero-order chi connectivity index (χ0) is 26.9. The average Bonchev–Trinajstić information content (AvgIpc) is 3.21. The lowest BCUT2D eigenvalue weighted by Crippen LogP contribution is -2.34. The molecule has 1 aliphatic rings. The van der Waals surface area contributed by atoms with Crippen LogP contribution in [0.5, 0.6) is 5.88 Å². The van der Waals surface area contributed by atoms with Gasteiger partial charge in [-0.2, -0.15) is 13.2 Å². The van der Waals surface area contributed by atoms with Crippen LogP contribution >= 0.6 is 51.3 Å². The third kappa shape index (κ3) is 6.58. The highest BCUT2D eigenvalue weighted by molar-refractivity contribution is 9.10. The van der Waals surface area contributed by atoms with Crippen LogP contribution in [0.3, 0.4) is 0 Å². The van der Waals surface area contributed by atoms with Crippen LogP contribution < -0.4 is 15.4 Å². The van der Waals surface area contributed by atoms with Crippen molar-refractivity contribution < 1.29 is 27.5 Å². The quantitative estimate of drug-likeness (QED) is 0.319. The molecule has 2 aromatic heterocycles. The zero-order valence-electron chi connectivity index (χ0n) is 18.4. The van der Waals surface area contributed by atoms with E-state index in [1.165, 1.54) is 18.3 Å². The summed E-state index contributed by atoms with van der Waals surface area (Å²) < 4.78 is 45.0. The maximum absolute atomic E-state index is 13.4. The Kier molecular flexibility index (Phi) is 8.07. The molecular formula is C22H15BrCl2F3N5O3S. The highest BCUT2D eigenvalue weighted by Crippen LogP contribution is 2.32. The number of anilines is 1. The summed E-state index contributed by atoms with van der Waals surface area (Å²) >= 11 is 20.6. The number of rotatable bonds is 7. The van der Waals surface area contributed by atoms with Gasteiger partial charge in [-0.3, -0.25) is 9.59 Å². The smallest absolute Gasteiger partial charge is 0.405 e. The molecule has 8 nitrogen and oxygen atoms in total. The van der Waals surface area contributed by atoms with Gasteiger partial charge in [-0.25, -0.2) is 9.67 Å². The molecule has 0 bridgehead atoms. The molecule has 0 aliphatic heterocycles. The Morgan fingerprint density at radius 2 is 1.95 bits per heavy atom. The molecule has 0 radical (unpaired) electrons. The minimum atomic E-state index is -4.64. The summed E-state index contributed by atoms with van der Waals surface area (Å²) in [6, 6.07) is 7.01. The number of hydrogen-bond acceptors (Lipinski definition) is 6. The Hall–Kier alpha value is -2.74. The molecular weight excluding hydrogens is 622 g/mol. The Morgan fingerprint density at radius 1 is 1.22 bits per heavy atom. The Balaban J connectivity index is 1.68. The van der Waals surface area contributed by atoms with Crippen molar-refractivity contribution in [2.24, 2.45) is 0 Å². The van der Waals surface area contributed by atoms with Crippen LogP contribution in [0.4, 0.5) is 18.9 Å². The summed E-state index contributed by atoms with van der Waals surface area (Å²) in [6.07, 6.45) is -2.23. The Labute approximate surface area is 231 Å². The van der Waals surface area contributed by atoms with Gasteiger partial charge in [-0.05, 0) is 40.2 Å². The summed E-state index contributed by atoms with van der Waals surface area (Å²) in [6.45, 7) is -1.57. The van der Waals surface area contributed by atoms with E-state index >= 15 is 0 Å². The molecule has 15 heteroatoms. The number of pyridine rings is 1. The van der Waals surface area contributed by atoms with Gasteiger partial charge in [-0.15, -0.1) is 5.10 Å². The van der Waals surface area contributed by atoms with Gasteiger partial charge < -0.3 is 15.4 Å². The van der Waals surface area contributed by atoms with Crippen molar-refractivity contribution in [2.45, 2.75) is 25.1 Å². The van der Waals surface area contributed by atoms with Crippen LogP contribution in [0.15, 0.2) is 41.0 Å². The molecule has 1 aromatic carbocycles. The molecule has 2 N–H and O–H groups in total. The SMILES string of the molecule is O=C(NCC(F)(F)F)c1cc(Cl)cc(Br)c1NC(=O)c1cc(OC2CC(=S)C2)nn1-c1ncccc1Cl.